The van der Waals surface area contributed by atoms with Crippen molar-refractivity contribution in [3.63, 3.8) is 0 Å². The Morgan fingerprint density at radius 1 is 1.08 bits per heavy atom. The molecular formula is C19H19FN4O2. The van der Waals surface area contributed by atoms with Gasteiger partial charge in [0.05, 0.1) is 19.3 Å². The molecule has 1 aromatic heterocycles. The summed E-state index contributed by atoms with van der Waals surface area (Å²) in [6.07, 6.45) is 0. The number of methoxy groups -OCH3 is 1. The van der Waals surface area contributed by atoms with E-state index in [1.165, 1.54) is 16.8 Å². The summed E-state index contributed by atoms with van der Waals surface area (Å²) in [6.45, 7) is 2.61. The van der Waals surface area contributed by atoms with Gasteiger partial charge in [0.2, 0.25) is 0 Å². The number of fused-ring (bicyclic) bond motifs is 1. The molecule has 4 rings (SSSR count). The van der Waals surface area contributed by atoms with Crippen molar-refractivity contribution in [3.05, 3.63) is 76.2 Å². The van der Waals surface area contributed by atoms with Crippen molar-refractivity contribution in [1.82, 2.24) is 19.2 Å². The summed E-state index contributed by atoms with van der Waals surface area (Å²) >= 11 is 0. The largest absolute Gasteiger partial charge is 0.497 e. The Bertz CT molecular complexity index is 961. The van der Waals surface area contributed by atoms with Gasteiger partial charge in [-0.1, -0.05) is 12.1 Å². The first-order chi connectivity index (χ1) is 12.6. The fourth-order valence-corrected chi connectivity index (χ4v) is 3.17. The molecule has 3 aromatic rings. The number of benzene rings is 2. The van der Waals surface area contributed by atoms with Crippen molar-refractivity contribution < 1.29 is 9.13 Å². The van der Waals surface area contributed by atoms with E-state index in [9.17, 15) is 9.18 Å². The molecule has 0 fully saturated rings. The summed E-state index contributed by atoms with van der Waals surface area (Å²) in [5, 5.41) is 4.51. The third kappa shape index (κ3) is 3.13. The van der Waals surface area contributed by atoms with Crippen LogP contribution in [0, 0.1) is 5.82 Å². The summed E-state index contributed by atoms with van der Waals surface area (Å²) < 4.78 is 21.3. The van der Waals surface area contributed by atoms with Crippen molar-refractivity contribution >= 4 is 0 Å². The van der Waals surface area contributed by atoms with E-state index < -0.39 is 0 Å². The molecule has 0 saturated carbocycles. The van der Waals surface area contributed by atoms with Gasteiger partial charge >= 0.3 is 5.69 Å². The summed E-state index contributed by atoms with van der Waals surface area (Å²) in [6, 6.07) is 13.7. The molecule has 0 saturated heterocycles. The molecule has 0 atom stereocenters. The second-order valence-corrected chi connectivity index (χ2v) is 6.30. The molecule has 26 heavy (non-hydrogen) atoms. The highest BCUT2D eigenvalue weighted by Gasteiger charge is 2.22. The van der Waals surface area contributed by atoms with Crippen LogP contribution in [0.2, 0.25) is 0 Å². The maximum Gasteiger partial charge on any atom is 0.350 e. The molecule has 6 nitrogen and oxygen atoms in total. The maximum absolute atomic E-state index is 13.0. The van der Waals surface area contributed by atoms with Crippen LogP contribution in [0.15, 0.2) is 53.3 Å². The molecule has 1 aliphatic rings. The van der Waals surface area contributed by atoms with Crippen LogP contribution < -0.4 is 10.4 Å². The summed E-state index contributed by atoms with van der Waals surface area (Å²) in [4.78, 5) is 14.8. The van der Waals surface area contributed by atoms with Gasteiger partial charge in [-0.05, 0) is 42.0 Å². The first-order valence-electron chi connectivity index (χ1n) is 8.44. The standard InChI is InChI=1S/C19H19FN4O2/c1-26-17-8-6-16(7-9-17)24-19(25)23-11-10-22(13-18(23)21-24)12-14-2-4-15(20)5-3-14/h2-9H,10-13H2,1H3. The van der Waals surface area contributed by atoms with Gasteiger partial charge in [0.1, 0.15) is 17.4 Å². The molecule has 134 valence electrons. The SMILES string of the molecule is COc1ccc(-n2nc3n(c2=O)CCN(Cc2ccc(F)cc2)C3)cc1. The zero-order valence-corrected chi connectivity index (χ0v) is 14.4. The summed E-state index contributed by atoms with van der Waals surface area (Å²) in [5.41, 5.74) is 1.62. The number of rotatable bonds is 4. The molecule has 0 N–H and O–H groups in total. The first-order valence-corrected chi connectivity index (χ1v) is 8.44. The normalized spacial score (nSPS) is 14.2. The van der Waals surface area contributed by atoms with Gasteiger partial charge in [0.15, 0.2) is 0 Å². The molecule has 2 heterocycles. The van der Waals surface area contributed by atoms with Crippen molar-refractivity contribution in [1.29, 1.82) is 0 Å². The van der Waals surface area contributed by atoms with Crippen molar-refractivity contribution in [2.75, 3.05) is 13.7 Å². The van der Waals surface area contributed by atoms with Gasteiger partial charge in [-0.2, -0.15) is 4.68 Å². The molecular weight excluding hydrogens is 335 g/mol. The van der Waals surface area contributed by atoms with Gasteiger partial charge in [-0.15, -0.1) is 5.10 Å². The van der Waals surface area contributed by atoms with Crippen molar-refractivity contribution in [3.8, 4) is 11.4 Å². The molecule has 2 aromatic carbocycles. The fraction of sp³-hybridized carbons (Fsp3) is 0.263. The molecule has 0 amide bonds. The topological polar surface area (TPSA) is 52.3 Å². The lowest BCUT2D eigenvalue weighted by molar-refractivity contribution is 0.207. The molecule has 0 bridgehead atoms. The van der Waals surface area contributed by atoms with E-state index in [1.807, 2.05) is 12.1 Å². The van der Waals surface area contributed by atoms with Crippen molar-refractivity contribution in [2.45, 2.75) is 19.6 Å². The number of aromatic nitrogens is 3. The number of nitrogens with zero attached hydrogens (tertiary/aromatic N) is 4. The molecule has 1 aliphatic heterocycles. The smallest absolute Gasteiger partial charge is 0.350 e. The number of hydrogen-bond donors (Lipinski definition) is 0. The predicted octanol–water partition coefficient (Wildman–Crippen LogP) is 2.20. The summed E-state index contributed by atoms with van der Waals surface area (Å²) in [7, 11) is 1.60. The predicted molar refractivity (Wildman–Crippen MR) is 94.9 cm³/mol. The van der Waals surface area contributed by atoms with E-state index in [4.69, 9.17) is 4.74 Å². The fourth-order valence-electron chi connectivity index (χ4n) is 3.17. The van der Waals surface area contributed by atoms with E-state index in [2.05, 4.69) is 10.00 Å². The highest BCUT2D eigenvalue weighted by Crippen LogP contribution is 2.16. The average Bonchev–Trinajstić information content (AvgIpc) is 3.00. The van der Waals surface area contributed by atoms with E-state index >= 15 is 0 Å². The number of hydrogen-bond acceptors (Lipinski definition) is 4. The lowest BCUT2D eigenvalue weighted by Gasteiger charge is -2.26. The van der Waals surface area contributed by atoms with Crippen LogP contribution in [0.25, 0.3) is 5.69 Å². The lowest BCUT2D eigenvalue weighted by Crippen LogP contribution is -2.37. The van der Waals surface area contributed by atoms with Crippen LogP contribution in [0.1, 0.15) is 11.4 Å². The Morgan fingerprint density at radius 3 is 2.50 bits per heavy atom. The monoisotopic (exact) mass is 354 g/mol. The Labute approximate surface area is 150 Å². The van der Waals surface area contributed by atoms with Gasteiger partial charge < -0.3 is 4.74 Å². The Hall–Kier alpha value is -2.93. The Kier molecular flexibility index (Phi) is 4.30. The minimum Gasteiger partial charge on any atom is -0.497 e. The molecule has 7 heteroatoms. The highest BCUT2D eigenvalue weighted by molar-refractivity contribution is 5.36. The second-order valence-electron chi connectivity index (χ2n) is 6.30. The van der Waals surface area contributed by atoms with Gasteiger partial charge in [-0.25, -0.2) is 9.18 Å². The minimum absolute atomic E-state index is 0.133. The van der Waals surface area contributed by atoms with Crippen LogP contribution in [-0.4, -0.2) is 32.9 Å². The molecule has 0 spiro atoms. The van der Waals surface area contributed by atoms with Gasteiger partial charge in [0.25, 0.3) is 0 Å². The quantitative estimate of drug-likeness (QED) is 0.721. The van der Waals surface area contributed by atoms with E-state index in [0.29, 0.717) is 25.3 Å². The number of halogens is 1. The Balaban J connectivity index is 1.56. The van der Waals surface area contributed by atoms with E-state index in [0.717, 1.165) is 23.7 Å². The van der Waals surface area contributed by atoms with E-state index in [1.54, 1.807) is 35.9 Å². The van der Waals surface area contributed by atoms with Crippen LogP contribution in [0.3, 0.4) is 0 Å². The zero-order valence-electron chi connectivity index (χ0n) is 14.4. The maximum atomic E-state index is 13.0. The van der Waals surface area contributed by atoms with E-state index in [-0.39, 0.29) is 11.5 Å². The van der Waals surface area contributed by atoms with Crippen LogP contribution >= 0.6 is 0 Å². The lowest BCUT2D eigenvalue weighted by atomic mass is 10.2. The van der Waals surface area contributed by atoms with Crippen LogP contribution in [0.4, 0.5) is 4.39 Å². The third-order valence-electron chi connectivity index (χ3n) is 4.58. The van der Waals surface area contributed by atoms with Gasteiger partial charge in [-0.3, -0.25) is 9.47 Å². The minimum atomic E-state index is -0.237. The second kappa shape index (κ2) is 6.76. The van der Waals surface area contributed by atoms with Crippen LogP contribution in [-0.2, 0) is 19.6 Å². The average molecular weight is 354 g/mol. The molecule has 0 unspecified atom stereocenters. The number of ether oxygens (including phenoxy) is 1. The van der Waals surface area contributed by atoms with Crippen molar-refractivity contribution in [2.24, 2.45) is 0 Å². The zero-order chi connectivity index (χ0) is 18.1. The van der Waals surface area contributed by atoms with Gasteiger partial charge in [0, 0.05) is 19.6 Å². The first kappa shape index (κ1) is 16.5. The third-order valence-corrected chi connectivity index (χ3v) is 4.58. The Morgan fingerprint density at radius 2 is 1.81 bits per heavy atom. The van der Waals surface area contributed by atoms with Crippen LogP contribution in [0.5, 0.6) is 5.75 Å². The highest BCUT2D eigenvalue weighted by atomic mass is 19.1. The molecule has 0 aliphatic carbocycles. The molecule has 0 radical (unpaired) electrons. The summed E-state index contributed by atoms with van der Waals surface area (Å²) in [5.74, 6) is 1.23.